The van der Waals surface area contributed by atoms with Crippen molar-refractivity contribution < 1.29 is 0 Å². The molecule has 1 aliphatic carbocycles. The Morgan fingerprint density at radius 2 is 0.735 bits per heavy atom. The Kier molecular flexibility index (Phi) is 5.38. The lowest BCUT2D eigenvalue weighted by atomic mass is 9.73. The Hall–Kier alpha value is -5.72. The van der Waals surface area contributed by atoms with Gasteiger partial charge < -0.3 is 0 Å². The second kappa shape index (κ2) is 9.68. The lowest BCUT2D eigenvalue weighted by molar-refractivity contribution is 0.491. The molecule has 0 saturated heterocycles. The highest BCUT2D eigenvalue weighted by Crippen LogP contribution is 2.55. The van der Waals surface area contributed by atoms with E-state index in [1.54, 1.807) is 0 Å². The van der Waals surface area contributed by atoms with E-state index in [9.17, 15) is 0 Å². The SMILES string of the molecule is CCC1(CC)c2cc(-c3cc4cccc5ccc6cccc3c6c54)ccc2-c2ccc(-c3cc4cccc5ccc6cccc3c6c54)cc21. The molecule has 49 heavy (non-hydrogen) atoms. The highest BCUT2D eigenvalue weighted by molar-refractivity contribution is 6.27. The number of rotatable bonds is 4. The lowest BCUT2D eigenvalue weighted by Gasteiger charge is -2.30. The summed E-state index contributed by atoms with van der Waals surface area (Å²) in [6, 6.07) is 55.7. The van der Waals surface area contributed by atoms with Crippen molar-refractivity contribution in [2.45, 2.75) is 32.1 Å². The zero-order valence-corrected chi connectivity index (χ0v) is 27.8. The van der Waals surface area contributed by atoms with Gasteiger partial charge in [-0.25, -0.2) is 0 Å². The molecule has 0 spiro atoms. The fourth-order valence-corrected chi connectivity index (χ4v) is 9.84. The Morgan fingerprint density at radius 3 is 1.16 bits per heavy atom. The molecule has 1 aliphatic rings. The molecule has 0 bridgehead atoms. The summed E-state index contributed by atoms with van der Waals surface area (Å²) in [5.41, 5.74) is 10.9. The number of hydrogen-bond acceptors (Lipinski definition) is 0. The van der Waals surface area contributed by atoms with Crippen LogP contribution in [0.3, 0.4) is 0 Å². The topological polar surface area (TPSA) is 0 Å². The molecule has 0 fully saturated rings. The maximum Gasteiger partial charge on any atom is 0.0210 e. The predicted molar refractivity (Wildman–Crippen MR) is 212 cm³/mol. The zero-order valence-electron chi connectivity index (χ0n) is 27.8. The first-order valence-corrected chi connectivity index (χ1v) is 17.8. The van der Waals surface area contributed by atoms with Gasteiger partial charge in [0, 0.05) is 5.41 Å². The quantitative estimate of drug-likeness (QED) is 0.171. The first kappa shape index (κ1) is 27.3. The highest BCUT2D eigenvalue weighted by Gasteiger charge is 2.41. The molecule has 11 rings (SSSR count). The van der Waals surface area contributed by atoms with Gasteiger partial charge in [-0.15, -0.1) is 0 Å². The average Bonchev–Trinajstić information content (AvgIpc) is 3.44. The second-order valence-corrected chi connectivity index (χ2v) is 14.3. The van der Waals surface area contributed by atoms with Gasteiger partial charge >= 0.3 is 0 Å². The van der Waals surface area contributed by atoms with Gasteiger partial charge in [0.25, 0.3) is 0 Å². The van der Waals surface area contributed by atoms with E-state index in [1.807, 2.05) is 0 Å². The van der Waals surface area contributed by atoms with Gasteiger partial charge in [0.15, 0.2) is 0 Å². The summed E-state index contributed by atoms with van der Waals surface area (Å²) >= 11 is 0. The van der Waals surface area contributed by atoms with E-state index in [-0.39, 0.29) is 5.41 Å². The summed E-state index contributed by atoms with van der Waals surface area (Å²) in [5, 5.41) is 16.1. The van der Waals surface area contributed by atoms with E-state index in [0.717, 1.165) is 12.8 Å². The molecule has 0 heterocycles. The van der Waals surface area contributed by atoms with Crippen molar-refractivity contribution in [2.24, 2.45) is 0 Å². The predicted octanol–water partition coefficient (Wildman–Crippen LogP) is 13.9. The van der Waals surface area contributed by atoms with Crippen molar-refractivity contribution in [1.29, 1.82) is 0 Å². The van der Waals surface area contributed by atoms with E-state index in [1.165, 1.54) is 109 Å². The molecule has 0 heteroatoms. The second-order valence-electron chi connectivity index (χ2n) is 14.3. The third kappa shape index (κ3) is 3.49. The van der Waals surface area contributed by atoms with Crippen molar-refractivity contribution in [2.75, 3.05) is 0 Å². The maximum atomic E-state index is 2.54. The van der Waals surface area contributed by atoms with Crippen LogP contribution in [0.1, 0.15) is 37.8 Å². The van der Waals surface area contributed by atoms with E-state index >= 15 is 0 Å². The molecule has 0 radical (unpaired) electrons. The van der Waals surface area contributed by atoms with E-state index in [4.69, 9.17) is 0 Å². The molecule has 0 amide bonds. The van der Waals surface area contributed by atoms with Crippen LogP contribution in [0.15, 0.2) is 146 Å². The van der Waals surface area contributed by atoms with Gasteiger partial charge in [-0.2, -0.15) is 0 Å². The number of hydrogen-bond donors (Lipinski definition) is 0. The van der Waals surface area contributed by atoms with Gasteiger partial charge in [-0.05, 0) is 146 Å². The standard InChI is InChI=1S/C49H34/c1-3-49(4-2)43-27-33(41-25-35-13-5-9-29-17-19-31-11-7-15-39(41)47(31)45(29)35)21-23-37(43)38-24-22-34(28-44(38)49)42-26-36-14-6-10-30-18-20-32-12-8-16-40(42)48(32)46(30)36/h5-28H,3-4H2,1-2H3. The van der Waals surface area contributed by atoms with Crippen LogP contribution in [0.2, 0.25) is 0 Å². The fraction of sp³-hybridized carbons (Fsp3) is 0.102. The normalized spacial score (nSPS) is 13.8. The van der Waals surface area contributed by atoms with Crippen molar-refractivity contribution >= 4 is 64.6 Å². The Labute approximate surface area is 285 Å². The minimum absolute atomic E-state index is 0.0466. The molecule has 0 aliphatic heterocycles. The maximum absolute atomic E-state index is 2.54. The van der Waals surface area contributed by atoms with Crippen LogP contribution in [-0.4, -0.2) is 0 Å². The molecular weight excluding hydrogens is 589 g/mol. The smallest absolute Gasteiger partial charge is 0.0210 e. The summed E-state index contributed by atoms with van der Waals surface area (Å²) in [6.07, 6.45) is 2.12. The Bertz CT molecular complexity index is 2750. The van der Waals surface area contributed by atoms with Gasteiger partial charge in [0.05, 0.1) is 0 Å². The fourth-order valence-electron chi connectivity index (χ4n) is 9.84. The first-order chi connectivity index (χ1) is 24.2. The van der Waals surface area contributed by atoms with Crippen molar-refractivity contribution in [1.82, 2.24) is 0 Å². The van der Waals surface area contributed by atoms with Crippen LogP contribution in [0.4, 0.5) is 0 Å². The van der Waals surface area contributed by atoms with Crippen LogP contribution in [0, 0.1) is 0 Å². The summed E-state index contributed by atoms with van der Waals surface area (Å²) in [6.45, 7) is 4.77. The van der Waals surface area contributed by atoms with Crippen LogP contribution in [0.25, 0.3) is 98.0 Å². The minimum atomic E-state index is -0.0466. The molecule has 0 unspecified atom stereocenters. The van der Waals surface area contributed by atoms with Gasteiger partial charge in [-0.1, -0.05) is 135 Å². The molecule has 230 valence electrons. The summed E-state index contributed by atoms with van der Waals surface area (Å²) in [5.74, 6) is 0. The highest BCUT2D eigenvalue weighted by atomic mass is 14.4. The summed E-state index contributed by atoms with van der Waals surface area (Å²) < 4.78 is 0. The monoisotopic (exact) mass is 622 g/mol. The van der Waals surface area contributed by atoms with Crippen LogP contribution in [-0.2, 0) is 5.41 Å². The third-order valence-corrected chi connectivity index (χ3v) is 12.2. The zero-order chi connectivity index (χ0) is 32.4. The largest absolute Gasteiger partial charge is 0.0642 e. The molecule has 0 nitrogen and oxygen atoms in total. The molecule has 0 N–H and O–H groups in total. The number of benzene rings is 10. The molecule has 0 aromatic heterocycles. The lowest BCUT2D eigenvalue weighted by Crippen LogP contribution is -2.23. The van der Waals surface area contributed by atoms with E-state index < -0.39 is 0 Å². The molecule has 10 aromatic carbocycles. The average molecular weight is 623 g/mol. The minimum Gasteiger partial charge on any atom is -0.0642 e. The Morgan fingerprint density at radius 1 is 0.347 bits per heavy atom. The number of fused-ring (bicyclic) bond motifs is 3. The third-order valence-electron chi connectivity index (χ3n) is 12.2. The molecule has 0 atom stereocenters. The van der Waals surface area contributed by atoms with Gasteiger partial charge in [0.2, 0.25) is 0 Å². The van der Waals surface area contributed by atoms with Crippen molar-refractivity contribution in [3.8, 4) is 33.4 Å². The van der Waals surface area contributed by atoms with Crippen LogP contribution in [0.5, 0.6) is 0 Å². The molecule has 0 saturated carbocycles. The van der Waals surface area contributed by atoms with Gasteiger partial charge in [-0.3, -0.25) is 0 Å². The van der Waals surface area contributed by atoms with Crippen molar-refractivity contribution in [3.63, 3.8) is 0 Å². The van der Waals surface area contributed by atoms with Crippen LogP contribution < -0.4 is 0 Å². The van der Waals surface area contributed by atoms with Crippen LogP contribution >= 0.6 is 0 Å². The molecular formula is C49H34. The Balaban J connectivity index is 1.13. The van der Waals surface area contributed by atoms with Gasteiger partial charge in [0.1, 0.15) is 0 Å². The summed E-state index contributed by atoms with van der Waals surface area (Å²) in [4.78, 5) is 0. The van der Waals surface area contributed by atoms with E-state index in [2.05, 4.69) is 159 Å². The molecule has 10 aromatic rings. The van der Waals surface area contributed by atoms with Crippen molar-refractivity contribution in [3.05, 3.63) is 157 Å². The first-order valence-electron chi connectivity index (χ1n) is 17.8. The van der Waals surface area contributed by atoms with E-state index in [0.29, 0.717) is 0 Å². The summed E-state index contributed by atoms with van der Waals surface area (Å²) in [7, 11) is 0.